The summed E-state index contributed by atoms with van der Waals surface area (Å²) >= 11 is 3.34. The number of aliphatic hydroxyl groups excluding tert-OH is 1. The molecule has 1 amide bonds. The molecule has 17 heavy (non-hydrogen) atoms. The molecule has 0 saturated heterocycles. The van der Waals surface area contributed by atoms with Crippen LogP contribution in [0.1, 0.15) is 10.5 Å². The lowest BCUT2D eigenvalue weighted by molar-refractivity contribution is 0.0940. The number of carbonyl (C=O) groups is 1. The molecule has 2 aromatic rings. The van der Waals surface area contributed by atoms with E-state index in [-0.39, 0.29) is 19.1 Å². The van der Waals surface area contributed by atoms with Crippen LogP contribution >= 0.6 is 15.9 Å². The van der Waals surface area contributed by atoms with Gasteiger partial charge >= 0.3 is 0 Å². The quantitative estimate of drug-likeness (QED) is 0.890. The van der Waals surface area contributed by atoms with Gasteiger partial charge in [0.15, 0.2) is 0 Å². The average molecular weight is 296 g/mol. The normalized spacial score (nSPS) is 10.5. The Morgan fingerprint density at radius 3 is 3.00 bits per heavy atom. The molecule has 6 heteroatoms. The van der Waals surface area contributed by atoms with E-state index in [1.807, 2.05) is 0 Å². The molecule has 0 saturated carbocycles. The van der Waals surface area contributed by atoms with Gasteiger partial charge in [0, 0.05) is 24.3 Å². The SMILES string of the molecule is O=C(NCCO)c1ccc2cncc(Br)c2n1. The van der Waals surface area contributed by atoms with Crippen molar-refractivity contribution in [1.29, 1.82) is 0 Å². The van der Waals surface area contributed by atoms with Crippen LogP contribution in [0.25, 0.3) is 10.9 Å². The summed E-state index contributed by atoms with van der Waals surface area (Å²) in [7, 11) is 0. The van der Waals surface area contributed by atoms with Gasteiger partial charge in [-0.05, 0) is 28.1 Å². The first-order valence-electron chi connectivity index (χ1n) is 5.01. The Morgan fingerprint density at radius 1 is 1.41 bits per heavy atom. The van der Waals surface area contributed by atoms with E-state index in [1.165, 1.54) is 0 Å². The van der Waals surface area contributed by atoms with Crippen LogP contribution in [0.5, 0.6) is 0 Å². The van der Waals surface area contributed by atoms with E-state index >= 15 is 0 Å². The highest BCUT2D eigenvalue weighted by atomic mass is 79.9. The van der Waals surface area contributed by atoms with E-state index in [0.717, 1.165) is 9.86 Å². The van der Waals surface area contributed by atoms with Gasteiger partial charge in [-0.25, -0.2) is 4.98 Å². The Bertz CT molecular complexity index is 559. The number of aliphatic hydroxyl groups is 1. The van der Waals surface area contributed by atoms with E-state index < -0.39 is 0 Å². The molecule has 0 aromatic carbocycles. The molecule has 2 N–H and O–H groups in total. The molecule has 0 bridgehead atoms. The molecule has 0 spiro atoms. The fourth-order valence-electron chi connectivity index (χ4n) is 1.40. The molecule has 0 aliphatic heterocycles. The molecule has 0 fully saturated rings. The Morgan fingerprint density at radius 2 is 2.24 bits per heavy atom. The van der Waals surface area contributed by atoms with Gasteiger partial charge in [0.1, 0.15) is 5.69 Å². The maximum atomic E-state index is 11.6. The van der Waals surface area contributed by atoms with Crippen molar-refractivity contribution in [2.75, 3.05) is 13.2 Å². The summed E-state index contributed by atoms with van der Waals surface area (Å²) in [5.74, 6) is -0.301. The summed E-state index contributed by atoms with van der Waals surface area (Å²) in [6.07, 6.45) is 3.31. The minimum absolute atomic E-state index is 0.0903. The number of nitrogens with zero attached hydrogens (tertiary/aromatic N) is 2. The first-order valence-corrected chi connectivity index (χ1v) is 5.81. The first-order chi connectivity index (χ1) is 8.22. The average Bonchev–Trinajstić information content (AvgIpc) is 2.36. The van der Waals surface area contributed by atoms with Crippen molar-refractivity contribution in [2.45, 2.75) is 0 Å². The number of nitrogens with one attached hydrogen (secondary N) is 1. The number of rotatable bonds is 3. The number of aromatic nitrogens is 2. The topological polar surface area (TPSA) is 75.1 Å². The number of hydrogen-bond donors (Lipinski definition) is 2. The lowest BCUT2D eigenvalue weighted by Crippen LogP contribution is -2.27. The molecule has 2 heterocycles. The maximum Gasteiger partial charge on any atom is 0.269 e. The van der Waals surface area contributed by atoms with Gasteiger partial charge < -0.3 is 10.4 Å². The smallest absolute Gasteiger partial charge is 0.269 e. The zero-order valence-corrected chi connectivity index (χ0v) is 10.4. The number of fused-ring (bicyclic) bond motifs is 1. The molecule has 0 aliphatic carbocycles. The summed E-state index contributed by atoms with van der Waals surface area (Å²) in [5, 5.41) is 12.0. The number of pyridine rings is 2. The lowest BCUT2D eigenvalue weighted by atomic mass is 10.2. The molecule has 0 unspecified atom stereocenters. The first kappa shape index (κ1) is 11.9. The second kappa shape index (κ2) is 5.20. The van der Waals surface area contributed by atoms with Gasteiger partial charge in [0.05, 0.1) is 16.6 Å². The third-order valence-electron chi connectivity index (χ3n) is 2.18. The monoisotopic (exact) mass is 295 g/mol. The fourth-order valence-corrected chi connectivity index (χ4v) is 1.83. The van der Waals surface area contributed by atoms with Crippen LogP contribution < -0.4 is 5.32 Å². The summed E-state index contributed by atoms with van der Waals surface area (Å²) in [6, 6.07) is 3.41. The van der Waals surface area contributed by atoms with Crippen LogP contribution in [0.2, 0.25) is 0 Å². The summed E-state index contributed by atoms with van der Waals surface area (Å²) in [5.41, 5.74) is 1.01. The van der Waals surface area contributed by atoms with Crippen LogP contribution in [0.4, 0.5) is 0 Å². The standard InChI is InChI=1S/C11H10BrN3O2/c12-8-6-13-5-7-1-2-9(15-10(7)8)11(17)14-3-4-16/h1-2,5-6,16H,3-4H2,(H,14,17). The molecule has 0 radical (unpaired) electrons. The number of halogens is 1. The fraction of sp³-hybridized carbons (Fsp3) is 0.182. The van der Waals surface area contributed by atoms with Crippen LogP contribution in [-0.4, -0.2) is 34.1 Å². The van der Waals surface area contributed by atoms with Crippen molar-refractivity contribution >= 4 is 32.7 Å². The Hall–Kier alpha value is -1.53. The summed E-state index contributed by atoms with van der Waals surface area (Å²) < 4.78 is 0.742. The predicted molar refractivity (Wildman–Crippen MR) is 66.7 cm³/mol. The molecule has 2 rings (SSSR count). The second-order valence-electron chi connectivity index (χ2n) is 3.37. The Balaban J connectivity index is 2.37. The van der Waals surface area contributed by atoms with E-state index in [0.29, 0.717) is 11.2 Å². The number of carbonyl (C=O) groups excluding carboxylic acids is 1. The molecule has 2 aromatic heterocycles. The third kappa shape index (κ3) is 2.59. The van der Waals surface area contributed by atoms with Gasteiger partial charge in [0.2, 0.25) is 0 Å². The van der Waals surface area contributed by atoms with E-state index in [9.17, 15) is 4.79 Å². The zero-order valence-electron chi connectivity index (χ0n) is 8.85. The molecule has 88 valence electrons. The van der Waals surface area contributed by atoms with Gasteiger partial charge in [-0.1, -0.05) is 0 Å². The minimum Gasteiger partial charge on any atom is -0.395 e. The van der Waals surface area contributed by atoms with Crippen LogP contribution in [0, 0.1) is 0 Å². The minimum atomic E-state index is -0.301. The number of amides is 1. The van der Waals surface area contributed by atoms with E-state index in [1.54, 1.807) is 24.5 Å². The van der Waals surface area contributed by atoms with Crippen molar-refractivity contribution in [1.82, 2.24) is 15.3 Å². The Kier molecular flexibility index (Phi) is 3.65. The molecular formula is C11H10BrN3O2. The number of hydrogen-bond acceptors (Lipinski definition) is 4. The molecule has 0 atom stereocenters. The van der Waals surface area contributed by atoms with Crippen molar-refractivity contribution in [3.05, 3.63) is 34.7 Å². The molecule has 5 nitrogen and oxygen atoms in total. The second-order valence-corrected chi connectivity index (χ2v) is 4.22. The predicted octanol–water partition coefficient (Wildman–Crippen LogP) is 1.11. The lowest BCUT2D eigenvalue weighted by Gasteiger charge is -2.04. The van der Waals surface area contributed by atoms with Crippen molar-refractivity contribution < 1.29 is 9.90 Å². The van der Waals surface area contributed by atoms with E-state index in [2.05, 4.69) is 31.2 Å². The van der Waals surface area contributed by atoms with Gasteiger partial charge in [-0.15, -0.1) is 0 Å². The third-order valence-corrected chi connectivity index (χ3v) is 2.76. The van der Waals surface area contributed by atoms with Crippen molar-refractivity contribution in [3.8, 4) is 0 Å². The largest absolute Gasteiger partial charge is 0.395 e. The van der Waals surface area contributed by atoms with Gasteiger partial charge in [-0.3, -0.25) is 9.78 Å². The Labute approximate surface area is 106 Å². The maximum absolute atomic E-state index is 11.6. The highest BCUT2D eigenvalue weighted by Gasteiger charge is 2.08. The molecular weight excluding hydrogens is 286 g/mol. The molecule has 0 aliphatic rings. The van der Waals surface area contributed by atoms with Gasteiger partial charge in [-0.2, -0.15) is 0 Å². The van der Waals surface area contributed by atoms with Crippen LogP contribution in [0.3, 0.4) is 0 Å². The van der Waals surface area contributed by atoms with Crippen molar-refractivity contribution in [3.63, 3.8) is 0 Å². The van der Waals surface area contributed by atoms with Gasteiger partial charge in [0.25, 0.3) is 5.91 Å². The highest BCUT2D eigenvalue weighted by molar-refractivity contribution is 9.10. The summed E-state index contributed by atoms with van der Waals surface area (Å²) in [4.78, 5) is 19.9. The van der Waals surface area contributed by atoms with Crippen LogP contribution in [0.15, 0.2) is 29.0 Å². The van der Waals surface area contributed by atoms with Crippen molar-refractivity contribution in [2.24, 2.45) is 0 Å². The van der Waals surface area contributed by atoms with E-state index in [4.69, 9.17) is 5.11 Å². The summed E-state index contributed by atoms with van der Waals surface area (Å²) in [6.45, 7) is 0.128. The zero-order chi connectivity index (χ0) is 12.3. The van der Waals surface area contributed by atoms with Crippen LogP contribution in [-0.2, 0) is 0 Å². The highest BCUT2D eigenvalue weighted by Crippen LogP contribution is 2.20.